The van der Waals surface area contributed by atoms with Gasteiger partial charge in [-0.1, -0.05) is 115 Å². The maximum atomic E-state index is 6.33. The first-order chi connectivity index (χ1) is 24.1. The summed E-state index contributed by atoms with van der Waals surface area (Å²) in [5.41, 5.74) is 11.8. The smallest absolute Gasteiger partial charge is 0.143 e. The van der Waals surface area contributed by atoms with E-state index >= 15 is 0 Å². The van der Waals surface area contributed by atoms with E-state index in [-0.39, 0.29) is 0 Å². The molecular formula is C45H36N2O2. The zero-order valence-corrected chi connectivity index (χ0v) is 27.7. The number of nitrogens with zero attached hydrogens (tertiary/aromatic N) is 2. The summed E-state index contributed by atoms with van der Waals surface area (Å²) in [6.07, 6.45) is 10.3. The fourth-order valence-electron chi connectivity index (χ4n) is 6.31. The number of para-hydroxylation sites is 3. The lowest BCUT2D eigenvalue weighted by Crippen LogP contribution is -1.91. The molecule has 0 spiro atoms. The minimum Gasteiger partial charge on any atom is -0.460 e. The first-order valence-electron chi connectivity index (χ1n) is 16.4. The Kier molecular flexibility index (Phi) is 8.86. The number of hydrogen-bond acceptors (Lipinski definition) is 4. The molecule has 0 aliphatic heterocycles. The molecule has 0 saturated carbocycles. The summed E-state index contributed by atoms with van der Waals surface area (Å²) in [5, 5.41) is 3.34. The Hall–Kier alpha value is -6.26. The van der Waals surface area contributed by atoms with E-state index < -0.39 is 0 Å². The van der Waals surface area contributed by atoms with Crippen molar-refractivity contribution in [2.75, 3.05) is 0 Å². The van der Waals surface area contributed by atoms with E-state index in [4.69, 9.17) is 8.83 Å². The summed E-state index contributed by atoms with van der Waals surface area (Å²) in [6, 6.07) is 39.8. The van der Waals surface area contributed by atoms with Crippen LogP contribution in [0.5, 0.6) is 0 Å². The van der Waals surface area contributed by atoms with Crippen molar-refractivity contribution in [3.05, 3.63) is 164 Å². The van der Waals surface area contributed by atoms with Gasteiger partial charge in [0, 0.05) is 44.0 Å². The quantitative estimate of drug-likeness (QED) is 0.163. The van der Waals surface area contributed by atoms with Gasteiger partial charge in [-0.2, -0.15) is 0 Å². The van der Waals surface area contributed by atoms with E-state index in [1.165, 1.54) is 0 Å². The van der Waals surface area contributed by atoms with Crippen molar-refractivity contribution in [3.8, 4) is 44.8 Å². The van der Waals surface area contributed by atoms with Gasteiger partial charge >= 0.3 is 0 Å². The Morgan fingerprint density at radius 2 is 1.16 bits per heavy atom. The maximum absolute atomic E-state index is 6.33. The molecule has 8 rings (SSSR count). The lowest BCUT2D eigenvalue weighted by Gasteiger charge is -2.09. The van der Waals surface area contributed by atoms with Gasteiger partial charge in [-0.3, -0.25) is 0 Å². The van der Waals surface area contributed by atoms with Crippen LogP contribution in [-0.4, -0.2) is 9.97 Å². The molecule has 0 aliphatic rings. The highest BCUT2D eigenvalue weighted by Gasteiger charge is 2.15. The van der Waals surface area contributed by atoms with Crippen molar-refractivity contribution in [2.45, 2.75) is 20.3 Å². The van der Waals surface area contributed by atoms with Gasteiger partial charge in [-0.25, -0.2) is 9.97 Å². The zero-order valence-electron chi connectivity index (χ0n) is 27.7. The van der Waals surface area contributed by atoms with Crippen LogP contribution >= 0.6 is 0 Å². The average molecular weight is 637 g/mol. The molecular weight excluding hydrogens is 601 g/mol. The molecule has 0 saturated heterocycles. The molecule has 0 radical (unpaired) electrons. The van der Waals surface area contributed by atoms with Gasteiger partial charge in [0.15, 0.2) is 0 Å². The Labute approximate surface area is 286 Å². The predicted octanol–water partition coefficient (Wildman–Crippen LogP) is 12.9. The zero-order chi connectivity index (χ0) is 33.7. The molecule has 3 heterocycles. The summed E-state index contributed by atoms with van der Waals surface area (Å²) < 4.78 is 12.6. The van der Waals surface area contributed by atoms with E-state index in [1.807, 2.05) is 38.1 Å². The van der Waals surface area contributed by atoms with E-state index in [0.717, 1.165) is 95.4 Å². The topological polar surface area (TPSA) is 52.1 Å². The molecule has 0 aliphatic carbocycles. The first-order valence-corrected chi connectivity index (χ1v) is 16.4. The highest BCUT2D eigenvalue weighted by atomic mass is 16.3. The Bertz CT molecular complexity index is 2490. The third kappa shape index (κ3) is 6.13. The molecule has 5 aromatic carbocycles. The molecule has 4 nitrogen and oxygen atoms in total. The largest absolute Gasteiger partial charge is 0.460 e. The number of furan rings is 2. The minimum atomic E-state index is 0.816. The van der Waals surface area contributed by atoms with Crippen LogP contribution in [0.15, 0.2) is 162 Å². The molecule has 0 bridgehead atoms. The van der Waals surface area contributed by atoms with E-state index in [1.54, 1.807) is 12.4 Å². The Morgan fingerprint density at radius 1 is 0.612 bits per heavy atom. The van der Waals surface area contributed by atoms with Gasteiger partial charge in [0.1, 0.15) is 28.8 Å². The fraction of sp³-hybridized carbons (Fsp3) is 0.0667. The molecule has 4 heteroatoms. The van der Waals surface area contributed by atoms with Crippen molar-refractivity contribution in [1.82, 2.24) is 9.97 Å². The number of aromatic nitrogens is 2. The molecule has 8 aromatic rings. The van der Waals surface area contributed by atoms with E-state index in [0.29, 0.717) is 0 Å². The SMILES string of the molecule is C=CC.C=CC/C=C\c1c(C)oc2c(-c3cccc(-c4cc(-c5cccc(-c6cccc7c6oc6ccccc67)c5)ncn4)c3)cccc12. The molecule has 0 amide bonds. The van der Waals surface area contributed by atoms with Gasteiger partial charge in [0.25, 0.3) is 0 Å². The fourth-order valence-corrected chi connectivity index (χ4v) is 6.31. The second-order valence-corrected chi connectivity index (χ2v) is 11.8. The number of allylic oxidation sites excluding steroid dienone is 3. The maximum Gasteiger partial charge on any atom is 0.143 e. The predicted molar refractivity (Wildman–Crippen MR) is 205 cm³/mol. The van der Waals surface area contributed by atoms with Crippen molar-refractivity contribution in [1.29, 1.82) is 0 Å². The van der Waals surface area contributed by atoms with Crippen LogP contribution in [0, 0.1) is 6.92 Å². The van der Waals surface area contributed by atoms with Crippen LogP contribution < -0.4 is 0 Å². The van der Waals surface area contributed by atoms with Crippen LogP contribution in [0.1, 0.15) is 24.7 Å². The number of rotatable bonds is 7. The van der Waals surface area contributed by atoms with E-state index in [9.17, 15) is 0 Å². The first kappa shape index (κ1) is 31.3. The Morgan fingerprint density at radius 3 is 1.82 bits per heavy atom. The molecule has 238 valence electrons. The molecule has 0 N–H and O–H groups in total. The van der Waals surface area contributed by atoms with Gasteiger partial charge < -0.3 is 8.83 Å². The monoisotopic (exact) mass is 636 g/mol. The lowest BCUT2D eigenvalue weighted by atomic mass is 9.97. The summed E-state index contributed by atoms with van der Waals surface area (Å²) in [5.74, 6) is 0.901. The third-order valence-corrected chi connectivity index (χ3v) is 8.54. The molecule has 0 fully saturated rings. The van der Waals surface area contributed by atoms with Crippen LogP contribution in [0.4, 0.5) is 0 Å². The van der Waals surface area contributed by atoms with E-state index in [2.05, 4.69) is 132 Å². The van der Waals surface area contributed by atoms with Crippen molar-refractivity contribution < 1.29 is 8.83 Å². The number of benzene rings is 5. The summed E-state index contributed by atoms with van der Waals surface area (Å²) in [4.78, 5) is 9.34. The molecule has 0 unspecified atom stereocenters. The lowest BCUT2D eigenvalue weighted by molar-refractivity contribution is 0.578. The van der Waals surface area contributed by atoms with Gasteiger partial charge in [0.2, 0.25) is 0 Å². The van der Waals surface area contributed by atoms with Crippen molar-refractivity contribution in [2.24, 2.45) is 0 Å². The van der Waals surface area contributed by atoms with Crippen LogP contribution in [0.2, 0.25) is 0 Å². The minimum absolute atomic E-state index is 0.816. The van der Waals surface area contributed by atoms with Gasteiger partial charge in [-0.15, -0.1) is 13.2 Å². The average Bonchev–Trinajstić information content (AvgIpc) is 3.69. The second-order valence-electron chi connectivity index (χ2n) is 11.8. The highest BCUT2D eigenvalue weighted by Crippen LogP contribution is 2.38. The number of fused-ring (bicyclic) bond motifs is 4. The number of aryl methyl sites for hydroxylation is 1. The Balaban J connectivity index is 0.00000122. The number of hydrogen-bond donors (Lipinski definition) is 0. The normalized spacial score (nSPS) is 11.2. The summed E-state index contributed by atoms with van der Waals surface area (Å²) in [7, 11) is 0. The van der Waals surface area contributed by atoms with Gasteiger partial charge in [-0.05, 0) is 55.7 Å². The third-order valence-electron chi connectivity index (χ3n) is 8.54. The molecule has 49 heavy (non-hydrogen) atoms. The van der Waals surface area contributed by atoms with Gasteiger partial charge in [0.05, 0.1) is 11.4 Å². The second kappa shape index (κ2) is 13.8. The van der Waals surface area contributed by atoms with Crippen LogP contribution in [0.25, 0.3) is 83.8 Å². The summed E-state index contributed by atoms with van der Waals surface area (Å²) >= 11 is 0. The standard InChI is InChI=1S/C42H30N2O2.C3H6/c1-3-4-5-16-32-27(2)45-41-33(18-10-20-36(32)41)28-12-8-14-30(23-28)38-25-39(44-26-43-38)31-15-9-13-29(24-31)34-19-11-21-37-35-17-6-7-22-40(35)46-42(34)37;1-3-2/h3,5-26H,1,4H2,2H3;3H,1H2,2H3/b16-5-;. The van der Waals surface area contributed by atoms with Crippen LogP contribution in [0.3, 0.4) is 0 Å². The van der Waals surface area contributed by atoms with Crippen LogP contribution in [-0.2, 0) is 0 Å². The molecule has 3 aromatic heterocycles. The van der Waals surface area contributed by atoms with Crippen molar-refractivity contribution >= 4 is 39.0 Å². The highest BCUT2D eigenvalue weighted by molar-refractivity contribution is 6.09. The van der Waals surface area contributed by atoms with Crippen molar-refractivity contribution in [3.63, 3.8) is 0 Å². The summed E-state index contributed by atoms with van der Waals surface area (Å²) in [6.45, 7) is 11.1. The molecule has 0 atom stereocenters.